The molecule has 0 bridgehead atoms. The molecule has 2 fully saturated rings. The number of aliphatic hydroxyl groups excluding tert-OH is 2. The van der Waals surface area contributed by atoms with Crippen molar-refractivity contribution >= 4 is 46.9 Å². The van der Waals surface area contributed by atoms with Gasteiger partial charge < -0.3 is 50.3 Å². The van der Waals surface area contributed by atoms with Crippen LogP contribution in [0.15, 0.2) is 46.7 Å². The highest BCUT2D eigenvalue weighted by atomic mass is 32.2. The molecule has 4 heterocycles. The Morgan fingerprint density at radius 2 is 1.46 bits per heavy atom. The highest BCUT2D eigenvalue weighted by Crippen LogP contribution is 2.42. The lowest BCUT2D eigenvalue weighted by Crippen LogP contribution is -2.47. The molecular formula is C34H48F4N6O12S. The molecule has 0 spiro atoms. The molecule has 0 unspecified atom stereocenters. The average Bonchev–Trinajstić information content (AvgIpc) is 3.48. The van der Waals surface area contributed by atoms with Crippen LogP contribution in [0.1, 0.15) is 41.3 Å². The molecule has 0 aliphatic carbocycles. The van der Waals surface area contributed by atoms with Crippen LogP contribution in [0.5, 0.6) is 0 Å². The van der Waals surface area contributed by atoms with Crippen molar-refractivity contribution in [3.05, 3.63) is 47.4 Å². The maximum absolute atomic E-state index is 14.4. The summed E-state index contributed by atoms with van der Waals surface area (Å²) in [5, 5.41) is 19.7. The van der Waals surface area contributed by atoms with Crippen LogP contribution in [0.3, 0.4) is 0 Å². The van der Waals surface area contributed by atoms with Gasteiger partial charge in [-0.15, -0.1) is 11.8 Å². The van der Waals surface area contributed by atoms with Gasteiger partial charge in [0.15, 0.2) is 18.0 Å². The van der Waals surface area contributed by atoms with Gasteiger partial charge in [-0.05, 0) is 12.1 Å². The number of aliphatic imine (C=N–C) groups is 1. The molecule has 18 nitrogen and oxygen atoms in total. The van der Waals surface area contributed by atoms with E-state index in [9.17, 15) is 51.7 Å². The number of anilines is 1. The number of Topliss-reactive ketones (excluding diaryl/α,β-unsaturated/α-hetero) is 2. The van der Waals surface area contributed by atoms with Gasteiger partial charge in [-0.25, -0.2) is 14.6 Å². The zero-order chi connectivity index (χ0) is 42.1. The number of amidine groups is 1. The molecular weight excluding hydrogens is 792 g/mol. The Hall–Kier alpha value is -4.42. The third kappa shape index (κ3) is 12.8. The molecule has 0 amide bonds. The van der Waals surface area contributed by atoms with Crippen LogP contribution < -0.4 is 17.2 Å². The Balaban J connectivity index is 0.000000387. The predicted octanol–water partition coefficient (Wildman–Crippen LogP) is 1.01. The molecule has 23 heteroatoms. The number of carbonyl (C=O) groups excluding carboxylic acids is 4. The van der Waals surface area contributed by atoms with Crippen molar-refractivity contribution in [1.82, 2.24) is 14.5 Å². The molecule has 4 rings (SSSR count). The Morgan fingerprint density at radius 3 is 2.00 bits per heavy atom. The molecule has 1 aromatic heterocycles. The molecule has 3 aliphatic heterocycles. The van der Waals surface area contributed by atoms with E-state index >= 15 is 0 Å². The lowest BCUT2D eigenvalue weighted by molar-refractivity contribution is -0.156. The predicted molar refractivity (Wildman–Crippen MR) is 196 cm³/mol. The van der Waals surface area contributed by atoms with Crippen molar-refractivity contribution in [3.8, 4) is 0 Å². The average molecular weight is 841 g/mol. The van der Waals surface area contributed by atoms with Crippen LogP contribution in [0.2, 0.25) is 0 Å². The number of esters is 2. The fourth-order valence-corrected chi connectivity index (χ4v) is 5.64. The highest BCUT2D eigenvalue weighted by Gasteiger charge is 2.61. The van der Waals surface area contributed by atoms with Gasteiger partial charge in [0.1, 0.15) is 61.9 Å². The number of nitrogen functional groups attached to an aromatic ring is 1. The number of hydrogen-bond acceptors (Lipinski definition) is 18. The monoisotopic (exact) mass is 840 g/mol. The molecule has 6 N–H and O–H groups in total. The first kappa shape index (κ1) is 48.7. The first-order valence-electron chi connectivity index (χ1n) is 16.9. The van der Waals surface area contributed by atoms with Crippen molar-refractivity contribution in [2.24, 2.45) is 22.6 Å². The molecule has 0 saturated carbocycles. The van der Waals surface area contributed by atoms with Crippen LogP contribution in [0, 0.1) is 11.8 Å². The number of thioether (sulfide) groups is 1. The van der Waals surface area contributed by atoms with Crippen molar-refractivity contribution in [2.45, 2.75) is 83.8 Å². The SMILES string of the molecule is C.C=C1N=C(N)C=CN1[C@@H]1O[C@H](COC(=O)CSCC(=O)C(C)C)[C@H](O)C1(F)F.CC(C)C(=O)COCC(=O)OC[C@H]1O[C@@H](n2ccc(N)nc2=O)C(F)(F)[C@H]1O. The Labute approximate surface area is 329 Å². The summed E-state index contributed by atoms with van der Waals surface area (Å²) in [4.78, 5) is 66.0. The minimum atomic E-state index is -3.85. The van der Waals surface area contributed by atoms with Gasteiger partial charge in [0.05, 0.1) is 11.5 Å². The van der Waals surface area contributed by atoms with E-state index in [4.69, 9.17) is 35.2 Å². The zero-order valence-electron chi connectivity index (χ0n) is 30.7. The number of rotatable bonds is 16. The second-order valence-electron chi connectivity index (χ2n) is 13.1. The third-order valence-corrected chi connectivity index (χ3v) is 9.04. The van der Waals surface area contributed by atoms with Crippen LogP contribution in [0.4, 0.5) is 23.4 Å². The van der Waals surface area contributed by atoms with Crippen molar-refractivity contribution in [1.29, 1.82) is 0 Å². The maximum Gasteiger partial charge on any atom is 0.351 e. The summed E-state index contributed by atoms with van der Waals surface area (Å²) in [5.74, 6) is -9.83. The van der Waals surface area contributed by atoms with Crippen LogP contribution in [-0.4, -0.2) is 134 Å². The minimum Gasteiger partial charge on any atom is -0.462 e. The molecule has 0 aromatic carbocycles. The summed E-state index contributed by atoms with van der Waals surface area (Å²) >= 11 is 1.07. The molecule has 320 valence electrons. The van der Waals surface area contributed by atoms with Gasteiger partial charge in [-0.3, -0.25) is 19.0 Å². The fourth-order valence-electron chi connectivity index (χ4n) is 4.75. The van der Waals surface area contributed by atoms with E-state index in [1.807, 2.05) is 0 Å². The van der Waals surface area contributed by atoms with E-state index < -0.39 is 86.2 Å². The first-order chi connectivity index (χ1) is 26.1. The molecule has 0 radical (unpaired) electrons. The third-order valence-electron chi connectivity index (χ3n) is 8.11. The Kier molecular flexibility index (Phi) is 17.8. The van der Waals surface area contributed by atoms with Gasteiger partial charge in [0.25, 0.3) is 0 Å². The number of aliphatic hydroxyl groups is 2. The highest BCUT2D eigenvalue weighted by molar-refractivity contribution is 8.00. The summed E-state index contributed by atoms with van der Waals surface area (Å²) in [5.41, 5.74) is 9.71. The Morgan fingerprint density at radius 1 is 0.912 bits per heavy atom. The second kappa shape index (κ2) is 20.8. The van der Waals surface area contributed by atoms with Crippen LogP contribution >= 0.6 is 11.8 Å². The van der Waals surface area contributed by atoms with E-state index in [0.717, 1.165) is 28.9 Å². The number of aromatic nitrogens is 2. The van der Waals surface area contributed by atoms with Gasteiger partial charge in [-0.1, -0.05) is 41.7 Å². The van der Waals surface area contributed by atoms with E-state index in [-0.39, 0.29) is 66.4 Å². The standard InChI is InChI=1S/C17H23F2N3O5S.C16H21F2N3O7.CH4/c1-9(2)11(23)7-28-8-14(24)26-6-12-15(25)17(18,19)16(27-12)22-5-4-13(20)21-10(22)3;1-8(2)9(22)5-26-7-12(23)27-6-10-13(24)16(17,18)14(28-10)21-4-3-11(19)20-15(21)25;/h4-5,9,12,15-16,25H,3,6-8H2,1-2H3,(H2,20,21);3-4,8,10,13-14,24H,5-7H2,1-2H3,(H2,19,20,25);1H4/t12-,15+,16-;10-,13+,14-;/m11./s1. The number of ketones is 2. The van der Waals surface area contributed by atoms with Gasteiger partial charge in [0, 0.05) is 24.2 Å². The minimum absolute atomic E-state index is 0. The smallest absolute Gasteiger partial charge is 0.351 e. The number of halogens is 4. The zero-order valence-corrected chi connectivity index (χ0v) is 31.5. The number of ether oxygens (including phenoxy) is 5. The molecule has 6 atom stereocenters. The van der Waals surface area contributed by atoms with E-state index in [2.05, 4.69) is 16.6 Å². The van der Waals surface area contributed by atoms with Gasteiger partial charge in [-0.2, -0.15) is 22.5 Å². The van der Waals surface area contributed by atoms with E-state index in [1.165, 1.54) is 12.3 Å². The molecule has 2 saturated heterocycles. The quantitative estimate of drug-likeness (QED) is 0.134. The lowest BCUT2D eigenvalue weighted by Gasteiger charge is -2.31. The number of alkyl halides is 4. The largest absolute Gasteiger partial charge is 0.462 e. The molecule has 1 aromatic rings. The summed E-state index contributed by atoms with van der Waals surface area (Å²) in [6.45, 7) is 8.26. The summed E-state index contributed by atoms with van der Waals surface area (Å²) < 4.78 is 82.8. The normalized spacial score (nSPS) is 24.7. The number of nitrogens with two attached hydrogens (primary N) is 2. The fraction of sp³-hybridized carbons (Fsp3) is 0.618. The van der Waals surface area contributed by atoms with E-state index in [0.29, 0.717) is 4.57 Å². The summed E-state index contributed by atoms with van der Waals surface area (Å²) in [6.07, 6.45) is -8.08. The van der Waals surface area contributed by atoms with Crippen molar-refractivity contribution < 1.29 is 70.6 Å². The lowest BCUT2D eigenvalue weighted by atomic mass is 10.1. The van der Waals surface area contributed by atoms with Crippen LogP contribution in [-0.2, 0) is 42.9 Å². The van der Waals surface area contributed by atoms with Crippen LogP contribution in [0.25, 0.3) is 0 Å². The van der Waals surface area contributed by atoms with E-state index in [1.54, 1.807) is 27.7 Å². The van der Waals surface area contributed by atoms with Crippen molar-refractivity contribution in [2.75, 3.05) is 43.7 Å². The van der Waals surface area contributed by atoms with Gasteiger partial charge in [0.2, 0.25) is 12.5 Å². The number of carbonyl (C=O) groups is 4. The molecule has 57 heavy (non-hydrogen) atoms. The summed E-state index contributed by atoms with van der Waals surface area (Å²) in [7, 11) is 0. The second-order valence-corrected chi connectivity index (χ2v) is 14.1. The summed E-state index contributed by atoms with van der Waals surface area (Å²) in [6, 6.07) is 1.12. The maximum atomic E-state index is 14.4. The Bertz CT molecular complexity index is 1730. The number of nitrogens with zero attached hydrogens (tertiary/aromatic N) is 4. The molecule has 3 aliphatic rings. The van der Waals surface area contributed by atoms with Crippen molar-refractivity contribution in [3.63, 3.8) is 0 Å². The first-order valence-corrected chi connectivity index (χ1v) is 18.0. The topological polar surface area (TPSA) is 257 Å². The van der Waals surface area contributed by atoms with Gasteiger partial charge >= 0.3 is 29.5 Å². The number of hydrogen-bond donors (Lipinski definition) is 4.